The highest BCUT2D eigenvalue weighted by Crippen LogP contribution is 2.44. The van der Waals surface area contributed by atoms with Crippen LogP contribution in [-0.4, -0.2) is 70.6 Å². The molecule has 6 nitrogen and oxygen atoms in total. The van der Waals surface area contributed by atoms with Crippen LogP contribution in [0.3, 0.4) is 0 Å². The summed E-state index contributed by atoms with van der Waals surface area (Å²) in [4.78, 5) is 27.5. The van der Waals surface area contributed by atoms with Crippen molar-refractivity contribution in [2.24, 2.45) is 0 Å². The normalized spacial score (nSPS) is 21.8. The standard InChI is InChI=1S/C25H29ClF6N2O4/c26-18-13-16(12-17(14-18)23(20(35)36)5-1-2-6-23)15-34-9-3-4-22(34)7-10-33(11-8-22)21(37)38-19(24(27,28)29)25(30,31)32/h12-14,19H,1-11,15H2,(H,35,36). The molecule has 0 aromatic heterocycles. The Morgan fingerprint density at radius 3 is 2.08 bits per heavy atom. The van der Waals surface area contributed by atoms with E-state index in [4.69, 9.17) is 11.6 Å². The number of carboxylic acids is 1. The van der Waals surface area contributed by atoms with E-state index in [1.807, 2.05) is 6.07 Å². The van der Waals surface area contributed by atoms with Gasteiger partial charge in [0.1, 0.15) is 0 Å². The molecule has 0 radical (unpaired) electrons. The zero-order chi connectivity index (χ0) is 27.9. The Bertz CT molecular complexity index is 1040. The van der Waals surface area contributed by atoms with Gasteiger partial charge in [-0.3, -0.25) is 9.69 Å². The predicted molar refractivity (Wildman–Crippen MR) is 125 cm³/mol. The number of carboxylic acid groups (broad SMARTS) is 1. The highest BCUT2D eigenvalue weighted by molar-refractivity contribution is 6.30. The van der Waals surface area contributed by atoms with Crippen molar-refractivity contribution in [2.75, 3.05) is 19.6 Å². The fourth-order valence-corrected chi connectivity index (χ4v) is 6.51. The van der Waals surface area contributed by atoms with E-state index in [-0.39, 0.29) is 18.6 Å². The van der Waals surface area contributed by atoms with Crippen LogP contribution in [0.5, 0.6) is 0 Å². The second kappa shape index (κ2) is 10.4. The number of amides is 1. The monoisotopic (exact) mass is 570 g/mol. The third-order valence-corrected chi connectivity index (χ3v) is 8.47. The second-order valence-corrected chi connectivity index (χ2v) is 11.0. The molecule has 212 valence electrons. The maximum Gasteiger partial charge on any atom is 0.434 e. The summed E-state index contributed by atoms with van der Waals surface area (Å²) in [6, 6.07) is 5.35. The molecule has 1 spiro atoms. The van der Waals surface area contributed by atoms with Crippen molar-refractivity contribution in [1.82, 2.24) is 9.80 Å². The average molecular weight is 571 g/mol. The summed E-state index contributed by atoms with van der Waals surface area (Å²) in [6.07, 6.45) is -12.3. The van der Waals surface area contributed by atoms with Gasteiger partial charge in [-0.2, -0.15) is 26.3 Å². The highest BCUT2D eigenvalue weighted by atomic mass is 35.5. The number of alkyl halides is 6. The van der Waals surface area contributed by atoms with E-state index in [9.17, 15) is 41.0 Å². The topological polar surface area (TPSA) is 70.1 Å². The molecule has 1 saturated carbocycles. The van der Waals surface area contributed by atoms with E-state index in [2.05, 4.69) is 9.64 Å². The molecule has 1 amide bonds. The van der Waals surface area contributed by atoms with Gasteiger partial charge < -0.3 is 14.7 Å². The Labute approximate surface area is 220 Å². The molecule has 2 aliphatic heterocycles. The van der Waals surface area contributed by atoms with Gasteiger partial charge in [0.25, 0.3) is 6.10 Å². The quantitative estimate of drug-likeness (QED) is 0.421. The predicted octanol–water partition coefficient (Wildman–Crippen LogP) is 6.30. The van der Waals surface area contributed by atoms with E-state index in [0.29, 0.717) is 49.4 Å². The molecular formula is C25H29ClF6N2O4. The van der Waals surface area contributed by atoms with Crippen LogP contribution in [0.15, 0.2) is 18.2 Å². The molecular weight excluding hydrogens is 542 g/mol. The van der Waals surface area contributed by atoms with Crippen molar-refractivity contribution >= 4 is 23.7 Å². The summed E-state index contributed by atoms with van der Waals surface area (Å²) in [5.41, 5.74) is 0.143. The molecule has 3 aliphatic rings. The molecule has 1 aromatic carbocycles. The van der Waals surface area contributed by atoms with E-state index in [1.54, 1.807) is 12.1 Å². The van der Waals surface area contributed by atoms with E-state index in [1.165, 1.54) is 0 Å². The fourth-order valence-electron chi connectivity index (χ4n) is 6.25. The van der Waals surface area contributed by atoms with Crippen LogP contribution in [0.4, 0.5) is 31.1 Å². The number of hydrogen-bond donors (Lipinski definition) is 1. The summed E-state index contributed by atoms with van der Waals surface area (Å²) in [7, 11) is 0. The SMILES string of the molecule is O=C(OC(C(F)(F)F)C(F)(F)F)N1CCC2(CCCN2Cc2cc(Cl)cc(C3(C(=O)O)CCCC3)c2)CC1. The first kappa shape index (κ1) is 28.8. The van der Waals surface area contributed by atoms with Gasteiger partial charge in [0, 0.05) is 30.2 Å². The number of ether oxygens (including phenoxy) is 1. The van der Waals surface area contributed by atoms with Crippen molar-refractivity contribution in [3.05, 3.63) is 34.3 Å². The maximum atomic E-state index is 12.8. The average Bonchev–Trinajstić information content (AvgIpc) is 3.45. The number of hydrogen-bond acceptors (Lipinski definition) is 4. The van der Waals surface area contributed by atoms with Gasteiger partial charge in [0.05, 0.1) is 5.41 Å². The van der Waals surface area contributed by atoms with Crippen molar-refractivity contribution in [3.8, 4) is 0 Å². The number of nitrogens with zero attached hydrogens (tertiary/aromatic N) is 2. The molecule has 2 heterocycles. The van der Waals surface area contributed by atoms with Gasteiger partial charge in [0.2, 0.25) is 0 Å². The molecule has 3 fully saturated rings. The number of rotatable bonds is 5. The molecule has 4 rings (SSSR count). The van der Waals surface area contributed by atoms with Crippen molar-refractivity contribution in [3.63, 3.8) is 0 Å². The molecule has 13 heteroatoms. The Hall–Kier alpha value is -2.21. The van der Waals surface area contributed by atoms with Crippen molar-refractivity contribution in [2.45, 2.75) is 87.3 Å². The number of carbonyl (C=O) groups is 2. The van der Waals surface area contributed by atoms with Gasteiger partial charge >= 0.3 is 24.4 Å². The van der Waals surface area contributed by atoms with E-state index >= 15 is 0 Å². The summed E-state index contributed by atoms with van der Waals surface area (Å²) in [6.45, 7) is 1.08. The lowest BCUT2D eigenvalue weighted by Gasteiger charge is -2.45. The minimum absolute atomic E-state index is 0.0410. The van der Waals surface area contributed by atoms with Crippen LogP contribution in [0.2, 0.25) is 5.02 Å². The molecule has 1 aromatic rings. The highest BCUT2D eigenvalue weighted by Gasteiger charge is 2.60. The molecule has 38 heavy (non-hydrogen) atoms. The van der Waals surface area contributed by atoms with Crippen LogP contribution in [0.1, 0.15) is 62.5 Å². The molecule has 0 atom stereocenters. The van der Waals surface area contributed by atoms with Crippen LogP contribution in [0, 0.1) is 0 Å². The van der Waals surface area contributed by atoms with Crippen LogP contribution < -0.4 is 0 Å². The third kappa shape index (κ3) is 5.71. The maximum absolute atomic E-state index is 12.8. The molecule has 2 saturated heterocycles. The summed E-state index contributed by atoms with van der Waals surface area (Å²) in [5.74, 6) is -0.876. The summed E-state index contributed by atoms with van der Waals surface area (Å²) < 4.78 is 80.7. The Balaban J connectivity index is 1.45. The molecule has 0 bridgehead atoms. The lowest BCUT2D eigenvalue weighted by molar-refractivity contribution is -0.308. The summed E-state index contributed by atoms with van der Waals surface area (Å²) >= 11 is 6.39. The number of benzene rings is 1. The zero-order valence-electron chi connectivity index (χ0n) is 20.5. The van der Waals surface area contributed by atoms with E-state index < -0.39 is 35.9 Å². The van der Waals surface area contributed by atoms with Crippen LogP contribution >= 0.6 is 11.6 Å². The first-order valence-electron chi connectivity index (χ1n) is 12.5. The van der Waals surface area contributed by atoms with Crippen LogP contribution in [0.25, 0.3) is 0 Å². The van der Waals surface area contributed by atoms with Gasteiger partial charge in [-0.15, -0.1) is 0 Å². The van der Waals surface area contributed by atoms with Crippen LogP contribution in [-0.2, 0) is 21.5 Å². The number of halogens is 7. The Kier molecular flexibility index (Phi) is 7.88. The van der Waals surface area contributed by atoms with Crippen molar-refractivity contribution in [1.29, 1.82) is 0 Å². The van der Waals surface area contributed by atoms with Gasteiger partial charge in [0.15, 0.2) is 0 Å². The molecule has 1 N–H and O–H groups in total. The number of piperidine rings is 1. The lowest BCUT2D eigenvalue weighted by Crippen LogP contribution is -2.54. The number of carbonyl (C=O) groups excluding carboxylic acids is 1. The Morgan fingerprint density at radius 2 is 1.53 bits per heavy atom. The second-order valence-electron chi connectivity index (χ2n) is 10.5. The third-order valence-electron chi connectivity index (χ3n) is 8.26. The van der Waals surface area contributed by atoms with E-state index in [0.717, 1.165) is 36.1 Å². The minimum atomic E-state index is -5.76. The van der Waals surface area contributed by atoms with Crippen molar-refractivity contribution < 1.29 is 45.8 Å². The number of aliphatic carboxylic acids is 1. The smallest absolute Gasteiger partial charge is 0.434 e. The number of likely N-dealkylation sites (tertiary alicyclic amines) is 2. The fraction of sp³-hybridized carbons (Fsp3) is 0.680. The minimum Gasteiger partial charge on any atom is -0.481 e. The first-order chi connectivity index (χ1) is 17.7. The molecule has 0 unspecified atom stereocenters. The van der Waals surface area contributed by atoms with Gasteiger partial charge in [-0.05, 0) is 68.3 Å². The molecule has 1 aliphatic carbocycles. The first-order valence-corrected chi connectivity index (χ1v) is 12.9. The Morgan fingerprint density at radius 1 is 0.921 bits per heavy atom. The van der Waals surface area contributed by atoms with Gasteiger partial charge in [-0.1, -0.05) is 30.5 Å². The summed E-state index contributed by atoms with van der Waals surface area (Å²) in [5, 5.41) is 10.4. The van der Waals surface area contributed by atoms with Gasteiger partial charge in [-0.25, -0.2) is 4.79 Å². The largest absolute Gasteiger partial charge is 0.481 e. The zero-order valence-corrected chi connectivity index (χ0v) is 21.3. The lowest BCUT2D eigenvalue weighted by atomic mass is 9.78.